The minimum Gasteiger partial charge on any atom is -0.444 e. The van der Waals surface area contributed by atoms with Gasteiger partial charge in [0.25, 0.3) is 0 Å². The minimum atomic E-state index is -0.524. The molecule has 2 aromatic heterocycles. The average Bonchev–Trinajstić information content (AvgIpc) is 2.68. The molecule has 0 aliphatic carbocycles. The summed E-state index contributed by atoms with van der Waals surface area (Å²) in [6.45, 7) is 5.95. The van der Waals surface area contributed by atoms with Crippen molar-refractivity contribution < 1.29 is 9.53 Å². The molecule has 19 heavy (non-hydrogen) atoms. The summed E-state index contributed by atoms with van der Waals surface area (Å²) in [5, 5.41) is 3.65. The van der Waals surface area contributed by atoms with Crippen LogP contribution in [0.3, 0.4) is 0 Å². The third-order valence-corrected chi connectivity index (χ3v) is 3.40. The smallest absolute Gasteiger partial charge is 0.413 e. The number of hydrogen-bond donors (Lipinski definition) is 2. The van der Waals surface area contributed by atoms with Gasteiger partial charge in [0.2, 0.25) is 0 Å². The lowest BCUT2D eigenvalue weighted by Crippen LogP contribution is -2.27. The van der Waals surface area contributed by atoms with E-state index in [1.54, 1.807) is 17.5 Å². The van der Waals surface area contributed by atoms with E-state index in [-0.39, 0.29) is 0 Å². The number of fused-ring (bicyclic) bond motifs is 1. The molecular formula is C13H17N3O2S. The molecule has 0 fully saturated rings. The fraction of sp³-hybridized carbons (Fsp3) is 0.385. The Morgan fingerprint density at radius 1 is 1.47 bits per heavy atom. The molecule has 0 saturated heterocycles. The number of rotatable bonds is 2. The van der Waals surface area contributed by atoms with Crippen molar-refractivity contribution in [3.05, 3.63) is 23.2 Å². The molecule has 6 heteroatoms. The maximum atomic E-state index is 11.6. The summed E-state index contributed by atoms with van der Waals surface area (Å²) in [5.41, 5.74) is 5.08. The van der Waals surface area contributed by atoms with Crippen molar-refractivity contribution >= 4 is 33.3 Å². The molecule has 0 saturated carbocycles. The standard InChI is InChI=1S/C13H17N3O2S/c1-13(2,3)18-12(17)16-11-5-10-8(7-15-11)4-9(6-14)19-10/h4-5,7H,6,14H2,1-3H3,(H,15,16,17). The molecule has 2 heterocycles. The molecular weight excluding hydrogens is 262 g/mol. The van der Waals surface area contributed by atoms with Crippen molar-refractivity contribution in [2.75, 3.05) is 5.32 Å². The Labute approximate surface area is 115 Å². The number of ether oxygens (including phenoxy) is 1. The van der Waals surface area contributed by atoms with Crippen LogP contribution in [-0.2, 0) is 11.3 Å². The van der Waals surface area contributed by atoms with E-state index in [1.165, 1.54) is 0 Å². The SMILES string of the molecule is CC(C)(C)OC(=O)Nc1cc2sc(CN)cc2cn1. The van der Waals surface area contributed by atoms with Gasteiger partial charge in [0.15, 0.2) is 0 Å². The van der Waals surface area contributed by atoms with E-state index in [0.717, 1.165) is 15.0 Å². The molecule has 2 aromatic rings. The van der Waals surface area contributed by atoms with E-state index in [0.29, 0.717) is 12.4 Å². The van der Waals surface area contributed by atoms with Gasteiger partial charge < -0.3 is 10.5 Å². The van der Waals surface area contributed by atoms with Gasteiger partial charge in [0.05, 0.1) is 0 Å². The van der Waals surface area contributed by atoms with Gasteiger partial charge in [-0.25, -0.2) is 9.78 Å². The highest BCUT2D eigenvalue weighted by Gasteiger charge is 2.16. The molecule has 0 aromatic carbocycles. The van der Waals surface area contributed by atoms with E-state index in [2.05, 4.69) is 10.3 Å². The summed E-state index contributed by atoms with van der Waals surface area (Å²) < 4.78 is 6.22. The van der Waals surface area contributed by atoms with Gasteiger partial charge in [-0.3, -0.25) is 5.32 Å². The van der Waals surface area contributed by atoms with Gasteiger partial charge in [-0.2, -0.15) is 0 Å². The zero-order valence-corrected chi connectivity index (χ0v) is 12.0. The first-order valence-electron chi connectivity index (χ1n) is 5.96. The highest BCUT2D eigenvalue weighted by atomic mass is 32.1. The van der Waals surface area contributed by atoms with E-state index in [1.807, 2.05) is 32.9 Å². The molecule has 0 atom stereocenters. The topological polar surface area (TPSA) is 77.2 Å². The van der Waals surface area contributed by atoms with E-state index >= 15 is 0 Å². The Bertz CT molecular complexity index is 601. The number of thiophene rings is 1. The number of carbonyl (C=O) groups is 1. The fourth-order valence-corrected chi connectivity index (χ4v) is 2.52. The Morgan fingerprint density at radius 3 is 2.84 bits per heavy atom. The number of aromatic nitrogens is 1. The first-order chi connectivity index (χ1) is 8.87. The molecule has 0 radical (unpaired) electrons. The lowest BCUT2D eigenvalue weighted by atomic mass is 10.2. The maximum Gasteiger partial charge on any atom is 0.413 e. The van der Waals surface area contributed by atoms with Gasteiger partial charge in [-0.05, 0) is 32.9 Å². The van der Waals surface area contributed by atoms with Crippen LogP contribution in [0, 0.1) is 0 Å². The van der Waals surface area contributed by atoms with Crippen LogP contribution in [0.15, 0.2) is 18.3 Å². The Hall–Kier alpha value is -1.66. The Balaban J connectivity index is 2.15. The molecule has 5 nitrogen and oxygen atoms in total. The quantitative estimate of drug-likeness (QED) is 0.885. The second-order valence-corrected chi connectivity index (χ2v) is 6.32. The van der Waals surface area contributed by atoms with Gasteiger partial charge in [-0.1, -0.05) is 0 Å². The second kappa shape index (κ2) is 5.14. The molecule has 2 rings (SSSR count). The molecule has 0 bridgehead atoms. The maximum absolute atomic E-state index is 11.6. The predicted molar refractivity (Wildman–Crippen MR) is 77.4 cm³/mol. The molecule has 102 valence electrons. The van der Waals surface area contributed by atoms with Crippen LogP contribution >= 0.6 is 11.3 Å². The molecule has 3 N–H and O–H groups in total. The van der Waals surface area contributed by atoms with Crippen molar-refractivity contribution in [2.24, 2.45) is 5.73 Å². The van der Waals surface area contributed by atoms with E-state index < -0.39 is 11.7 Å². The molecule has 0 aliphatic heterocycles. The lowest BCUT2D eigenvalue weighted by Gasteiger charge is -2.19. The first-order valence-corrected chi connectivity index (χ1v) is 6.77. The monoisotopic (exact) mass is 279 g/mol. The summed E-state index contributed by atoms with van der Waals surface area (Å²) in [6.07, 6.45) is 1.22. The highest BCUT2D eigenvalue weighted by Crippen LogP contribution is 2.26. The molecule has 0 aliphatic rings. The van der Waals surface area contributed by atoms with Crippen LogP contribution in [0.1, 0.15) is 25.6 Å². The summed E-state index contributed by atoms with van der Waals surface area (Å²) in [7, 11) is 0. The zero-order chi connectivity index (χ0) is 14.0. The minimum absolute atomic E-state index is 0.479. The van der Waals surface area contributed by atoms with Crippen LogP contribution in [-0.4, -0.2) is 16.7 Å². The van der Waals surface area contributed by atoms with E-state index in [9.17, 15) is 4.79 Å². The third kappa shape index (κ3) is 3.65. The summed E-state index contributed by atoms with van der Waals surface area (Å²) in [4.78, 5) is 16.9. The molecule has 0 unspecified atom stereocenters. The fourth-order valence-electron chi connectivity index (χ4n) is 1.57. The summed E-state index contributed by atoms with van der Waals surface area (Å²) in [6, 6.07) is 3.83. The predicted octanol–water partition coefficient (Wildman–Crippen LogP) is 3.10. The zero-order valence-electron chi connectivity index (χ0n) is 11.2. The summed E-state index contributed by atoms with van der Waals surface area (Å²) >= 11 is 1.59. The highest BCUT2D eigenvalue weighted by molar-refractivity contribution is 7.19. The van der Waals surface area contributed by atoms with Crippen LogP contribution in [0.2, 0.25) is 0 Å². The van der Waals surface area contributed by atoms with Crippen LogP contribution in [0.4, 0.5) is 10.6 Å². The number of nitrogens with one attached hydrogen (secondary N) is 1. The van der Waals surface area contributed by atoms with Crippen molar-refractivity contribution in [1.82, 2.24) is 4.98 Å². The number of amides is 1. The average molecular weight is 279 g/mol. The number of carbonyl (C=O) groups excluding carboxylic acids is 1. The number of anilines is 1. The van der Waals surface area contributed by atoms with E-state index in [4.69, 9.17) is 10.5 Å². The van der Waals surface area contributed by atoms with Crippen LogP contribution < -0.4 is 11.1 Å². The van der Waals surface area contributed by atoms with Crippen molar-refractivity contribution in [1.29, 1.82) is 0 Å². The Morgan fingerprint density at radius 2 is 2.21 bits per heavy atom. The normalized spacial score (nSPS) is 11.6. The Kier molecular flexibility index (Phi) is 3.73. The van der Waals surface area contributed by atoms with Crippen molar-refractivity contribution in [3.63, 3.8) is 0 Å². The van der Waals surface area contributed by atoms with Gasteiger partial charge in [0, 0.05) is 27.7 Å². The lowest BCUT2D eigenvalue weighted by molar-refractivity contribution is 0.0635. The van der Waals surface area contributed by atoms with Crippen molar-refractivity contribution in [2.45, 2.75) is 32.9 Å². The van der Waals surface area contributed by atoms with Gasteiger partial charge in [-0.15, -0.1) is 11.3 Å². The molecule has 0 spiro atoms. The number of hydrogen-bond acceptors (Lipinski definition) is 5. The third-order valence-electron chi connectivity index (χ3n) is 2.28. The number of nitrogens with zero attached hydrogens (tertiary/aromatic N) is 1. The van der Waals surface area contributed by atoms with Crippen LogP contribution in [0.25, 0.3) is 10.1 Å². The van der Waals surface area contributed by atoms with Crippen LogP contribution in [0.5, 0.6) is 0 Å². The van der Waals surface area contributed by atoms with Gasteiger partial charge in [0.1, 0.15) is 11.4 Å². The number of nitrogens with two attached hydrogens (primary N) is 1. The second-order valence-electron chi connectivity index (χ2n) is 5.15. The first kappa shape index (κ1) is 13.8. The largest absolute Gasteiger partial charge is 0.444 e. The number of pyridine rings is 1. The molecule has 1 amide bonds. The van der Waals surface area contributed by atoms with Crippen molar-refractivity contribution in [3.8, 4) is 0 Å². The van der Waals surface area contributed by atoms with Gasteiger partial charge >= 0.3 is 6.09 Å². The summed E-state index contributed by atoms with van der Waals surface area (Å²) in [5.74, 6) is 0.479.